The first-order valence-corrected chi connectivity index (χ1v) is 9.37. The van der Waals surface area contributed by atoms with Crippen LogP contribution in [0.15, 0.2) is 29.6 Å². The average Bonchev–Trinajstić information content (AvgIpc) is 3.04. The summed E-state index contributed by atoms with van der Waals surface area (Å²) in [5, 5.41) is 6.38. The van der Waals surface area contributed by atoms with E-state index in [-0.39, 0.29) is 5.91 Å². The third-order valence-electron chi connectivity index (χ3n) is 4.03. The van der Waals surface area contributed by atoms with Crippen LogP contribution in [-0.2, 0) is 6.54 Å². The van der Waals surface area contributed by atoms with Crippen molar-refractivity contribution in [1.82, 2.24) is 15.2 Å². The molecule has 0 saturated carbocycles. The normalized spacial score (nSPS) is 15.5. The lowest BCUT2D eigenvalue weighted by molar-refractivity contribution is 0.0951. The fourth-order valence-corrected chi connectivity index (χ4v) is 3.77. The Hall–Kier alpha value is -1.63. The van der Waals surface area contributed by atoms with Crippen LogP contribution in [0, 0.1) is 0 Å². The molecule has 2 aromatic rings. The van der Waals surface area contributed by atoms with Gasteiger partial charge in [-0.05, 0) is 25.1 Å². The summed E-state index contributed by atoms with van der Waals surface area (Å²) >= 11 is 7.63. The SMILES string of the molecule is CCNC(=O)c1csc(CN2CCN(c3cccc(Cl)c3)CC2)n1. The maximum absolute atomic E-state index is 11.8. The summed E-state index contributed by atoms with van der Waals surface area (Å²) in [5.74, 6) is -0.0919. The molecule has 1 saturated heterocycles. The van der Waals surface area contributed by atoms with Crippen molar-refractivity contribution in [3.63, 3.8) is 0 Å². The second-order valence-electron chi connectivity index (χ2n) is 5.73. The summed E-state index contributed by atoms with van der Waals surface area (Å²) in [6.07, 6.45) is 0. The van der Waals surface area contributed by atoms with Crippen LogP contribution in [0.25, 0.3) is 0 Å². The summed E-state index contributed by atoms with van der Waals surface area (Å²) in [6.45, 7) is 7.21. The molecule has 0 radical (unpaired) electrons. The van der Waals surface area contributed by atoms with Crippen LogP contribution in [0.2, 0.25) is 5.02 Å². The number of halogens is 1. The van der Waals surface area contributed by atoms with E-state index in [1.165, 1.54) is 5.69 Å². The van der Waals surface area contributed by atoms with Gasteiger partial charge >= 0.3 is 0 Å². The first kappa shape index (κ1) is 17.2. The molecule has 3 rings (SSSR count). The Balaban J connectivity index is 1.53. The third kappa shape index (κ3) is 4.26. The van der Waals surface area contributed by atoms with Crippen molar-refractivity contribution in [3.8, 4) is 0 Å². The van der Waals surface area contributed by atoms with Crippen molar-refractivity contribution in [2.45, 2.75) is 13.5 Å². The maximum Gasteiger partial charge on any atom is 0.270 e. The predicted octanol–water partition coefficient (Wildman–Crippen LogP) is 2.87. The molecule has 1 amide bonds. The number of hydrogen-bond acceptors (Lipinski definition) is 5. The van der Waals surface area contributed by atoms with Crippen molar-refractivity contribution < 1.29 is 4.79 Å². The predicted molar refractivity (Wildman–Crippen MR) is 99.1 cm³/mol. The number of carbonyl (C=O) groups is 1. The molecule has 1 N–H and O–H groups in total. The molecule has 7 heteroatoms. The van der Waals surface area contributed by atoms with Gasteiger partial charge in [-0.15, -0.1) is 11.3 Å². The quantitative estimate of drug-likeness (QED) is 0.886. The molecule has 5 nitrogen and oxygen atoms in total. The number of benzene rings is 1. The lowest BCUT2D eigenvalue weighted by atomic mass is 10.2. The second-order valence-corrected chi connectivity index (χ2v) is 7.11. The summed E-state index contributed by atoms with van der Waals surface area (Å²) in [6, 6.07) is 8.00. The van der Waals surface area contributed by atoms with Crippen LogP contribution < -0.4 is 10.2 Å². The zero-order valence-electron chi connectivity index (χ0n) is 13.7. The van der Waals surface area contributed by atoms with Crippen LogP contribution in [0.1, 0.15) is 22.4 Å². The number of aromatic nitrogens is 1. The van der Waals surface area contributed by atoms with E-state index in [0.717, 1.165) is 42.8 Å². The van der Waals surface area contributed by atoms with Crippen LogP contribution in [0.4, 0.5) is 5.69 Å². The molecule has 1 aliphatic heterocycles. The van der Waals surface area contributed by atoms with Gasteiger partial charge in [0.2, 0.25) is 0 Å². The van der Waals surface area contributed by atoms with Gasteiger partial charge in [0.25, 0.3) is 5.91 Å². The lowest BCUT2D eigenvalue weighted by Gasteiger charge is -2.35. The van der Waals surface area contributed by atoms with Gasteiger partial charge in [0.1, 0.15) is 10.7 Å². The minimum atomic E-state index is -0.0919. The highest BCUT2D eigenvalue weighted by Gasteiger charge is 2.19. The monoisotopic (exact) mass is 364 g/mol. The van der Waals surface area contributed by atoms with E-state index >= 15 is 0 Å². The Kier molecular flexibility index (Phi) is 5.71. The standard InChI is InChI=1S/C17H21ClN4OS/c1-2-19-17(23)15-12-24-16(20-15)11-21-6-8-22(9-7-21)14-5-3-4-13(18)10-14/h3-5,10,12H,2,6-9,11H2,1H3,(H,19,23). The average molecular weight is 365 g/mol. The zero-order chi connectivity index (χ0) is 16.9. The van der Waals surface area contributed by atoms with Crippen molar-refractivity contribution in [1.29, 1.82) is 0 Å². The molecule has 0 bridgehead atoms. The number of amides is 1. The van der Waals surface area contributed by atoms with Gasteiger partial charge in [-0.25, -0.2) is 4.98 Å². The number of anilines is 1. The van der Waals surface area contributed by atoms with E-state index in [1.807, 2.05) is 30.5 Å². The Bertz CT molecular complexity index is 697. The Labute approximate surface area is 151 Å². The number of hydrogen-bond donors (Lipinski definition) is 1. The van der Waals surface area contributed by atoms with E-state index < -0.39 is 0 Å². The number of nitrogens with one attached hydrogen (secondary N) is 1. The van der Waals surface area contributed by atoms with E-state index in [4.69, 9.17) is 11.6 Å². The summed E-state index contributed by atoms with van der Waals surface area (Å²) in [7, 11) is 0. The molecule has 0 unspecified atom stereocenters. The highest BCUT2D eigenvalue weighted by Crippen LogP contribution is 2.21. The first-order valence-electron chi connectivity index (χ1n) is 8.11. The van der Waals surface area contributed by atoms with E-state index in [9.17, 15) is 4.79 Å². The minimum Gasteiger partial charge on any atom is -0.369 e. The highest BCUT2D eigenvalue weighted by molar-refractivity contribution is 7.09. The van der Waals surface area contributed by atoms with Crippen molar-refractivity contribution in [3.05, 3.63) is 45.4 Å². The number of carbonyl (C=O) groups excluding carboxylic acids is 1. The van der Waals surface area contributed by atoms with Gasteiger partial charge in [-0.2, -0.15) is 0 Å². The fourth-order valence-electron chi connectivity index (χ4n) is 2.77. The van der Waals surface area contributed by atoms with Crippen molar-refractivity contribution in [2.24, 2.45) is 0 Å². The molecule has 0 atom stereocenters. The lowest BCUT2D eigenvalue weighted by Crippen LogP contribution is -2.45. The van der Waals surface area contributed by atoms with E-state index in [0.29, 0.717) is 12.2 Å². The Morgan fingerprint density at radius 1 is 1.33 bits per heavy atom. The zero-order valence-corrected chi connectivity index (χ0v) is 15.2. The van der Waals surface area contributed by atoms with Crippen LogP contribution in [0.3, 0.4) is 0 Å². The molecule has 0 aliphatic carbocycles. The molecule has 1 aliphatic rings. The molecular formula is C17H21ClN4OS. The minimum absolute atomic E-state index is 0.0919. The number of thiazole rings is 1. The smallest absolute Gasteiger partial charge is 0.270 e. The first-order chi connectivity index (χ1) is 11.7. The van der Waals surface area contributed by atoms with E-state index in [2.05, 4.69) is 26.2 Å². The van der Waals surface area contributed by atoms with Gasteiger partial charge in [-0.1, -0.05) is 17.7 Å². The van der Waals surface area contributed by atoms with Gasteiger partial charge in [0, 0.05) is 48.8 Å². The molecule has 128 valence electrons. The van der Waals surface area contributed by atoms with Gasteiger partial charge < -0.3 is 10.2 Å². The molecule has 1 fully saturated rings. The number of nitrogens with zero attached hydrogens (tertiary/aromatic N) is 3. The maximum atomic E-state index is 11.8. The van der Waals surface area contributed by atoms with E-state index in [1.54, 1.807) is 11.3 Å². The molecule has 1 aromatic heterocycles. The topological polar surface area (TPSA) is 48.5 Å². The largest absolute Gasteiger partial charge is 0.369 e. The second kappa shape index (κ2) is 7.96. The van der Waals surface area contributed by atoms with Gasteiger partial charge in [-0.3, -0.25) is 9.69 Å². The van der Waals surface area contributed by atoms with Crippen LogP contribution >= 0.6 is 22.9 Å². The molecular weight excluding hydrogens is 344 g/mol. The Morgan fingerprint density at radius 3 is 2.83 bits per heavy atom. The van der Waals surface area contributed by atoms with Gasteiger partial charge in [0.15, 0.2) is 0 Å². The Morgan fingerprint density at radius 2 is 2.12 bits per heavy atom. The molecule has 24 heavy (non-hydrogen) atoms. The number of rotatable bonds is 5. The number of piperazine rings is 1. The third-order valence-corrected chi connectivity index (χ3v) is 5.09. The highest BCUT2D eigenvalue weighted by atomic mass is 35.5. The van der Waals surface area contributed by atoms with Gasteiger partial charge in [0.05, 0.1) is 6.54 Å². The van der Waals surface area contributed by atoms with Crippen LogP contribution in [0.5, 0.6) is 0 Å². The summed E-state index contributed by atoms with van der Waals surface area (Å²) in [4.78, 5) is 21.0. The molecule has 2 heterocycles. The van der Waals surface area contributed by atoms with Crippen molar-refractivity contribution >= 4 is 34.5 Å². The summed E-state index contributed by atoms with van der Waals surface area (Å²) < 4.78 is 0. The molecule has 0 spiro atoms. The summed E-state index contributed by atoms with van der Waals surface area (Å²) in [5.41, 5.74) is 1.70. The molecule has 1 aromatic carbocycles. The van der Waals surface area contributed by atoms with Crippen molar-refractivity contribution in [2.75, 3.05) is 37.6 Å². The fraction of sp³-hybridized carbons (Fsp3) is 0.412. The van der Waals surface area contributed by atoms with Crippen LogP contribution in [-0.4, -0.2) is 48.5 Å².